The van der Waals surface area contributed by atoms with E-state index in [1.54, 1.807) is 19.1 Å². The molecule has 15 heteroatoms. The number of pyridine rings is 1. The molecule has 4 aromatic rings. The molecule has 0 saturated heterocycles. The third-order valence-corrected chi connectivity index (χ3v) is 7.34. The molecule has 0 aromatic carbocycles. The lowest BCUT2D eigenvalue weighted by atomic mass is 10.1. The number of aromatic nitrogens is 3. The molecular formula is C20H13ClF5N5O2S2. The van der Waals surface area contributed by atoms with Crippen molar-refractivity contribution >= 4 is 62.0 Å². The number of nitrogens with two attached hydrogens (primary N) is 1. The minimum atomic E-state index is -4.92. The Kier molecular flexibility index (Phi) is 6.32. The van der Waals surface area contributed by atoms with E-state index in [4.69, 9.17) is 17.3 Å². The summed E-state index contributed by atoms with van der Waals surface area (Å²) in [6.07, 6.45) is -7.84. The van der Waals surface area contributed by atoms with Crippen molar-refractivity contribution in [1.29, 1.82) is 0 Å². The molecule has 0 spiro atoms. The van der Waals surface area contributed by atoms with E-state index in [0.29, 0.717) is 20.9 Å². The summed E-state index contributed by atoms with van der Waals surface area (Å²) in [6.45, 7) is 1.80. The highest BCUT2D eigenvalue weighted by atomic mass is 35.5. The second-order valence-corrected chi connectivity index (χ2v) is 9.91. The number of rotatable bonds is 5. The molecule has 4 heterocycles. The van der Waals surface area contributed by atoms with Gasteiger partial charge in [-0.1, -0.05) is 11.6 Å². The summed E-state index contributed by atoms with van der Waals surface area (Å²) in [6, 6.07) is 4.55. The zero-order valence-electron chi connectivity index (χ0n) is 17.6. The smallest absolute Gasteiger partial charge is 0.365 e. The Balaban J connectivity index is 1.94. The number of hydrogen-bond acceptors (Lipinski definition) is 6. The van der Waals surface area contributed by atoms with Crippen LogP contribution in [0.3, 0.4) is 0 Å². The molecule has 0 unspecified atom stereocenters. The van der Waals surface area contributed by atoms with E-state index < -0.39 is 46.5 Å². The van der Waals surface area contributed by atoms with Gasteiger partial charge in [0.2, 0.25) is 0 Å². The molecule has 184 valence electrons. The van der Waals surface area contributed by atoms with Crippen LogP contribution in [0.4, 0.5) is 27.6 Å². The van der Waals surface area contributed by atoms with E-state index in [-0.39, 0.29) is 26.3 Å². The minimum absolute atomic E-state index is 0.0139. The Morgan fingerprint density at radius 3 is 2.43 bits per heavy atom. The van der Waals surface area contributed by atoms with E-state index in [1.165, 1.54) is 11.3 Å². The number of carbonyl (C=O) groups excluding carboxylic acids is 2. The molecule has 0 fully saturated rings. The topological polar surface area (TPSA) is 103 Å². The number of amides is 2. The summed E-state index contributed by atoms with van der Waals surface area (Å²) in [4.78, 5) is 30.3. The molecule has 4 rings (SSSR count). The van der Waals surface area contributed by atoms with Gasteiger partial charge in [0.05, 0.1) is 5.69 Å². The fourth-order valence-corrected chi connectivity index (χ4v) is 5.65. The first-order valence-corrected chi connectivity index (χ1v) is 11.5. The fourth-order valence-electron chi connectivity index (χ4n) is 3.39. The van der Waals surface area contributed by atoms with Gasteiger partial charge in [0.1, 0.15) is 26.1 Å². The molecule has 35 heavy (non-hydrogen) atoms. The molecule has 0 bridgehead atoms. The predicted molar refractivity (Wildman–Crippen MR) is 122 cm³/mol. The van der Waals surface area contributed by atoms with Crippen LogP contribution in [0.5, 0.6) is 0 Å². The van der Waals surface area contributed by atoms with Gasteiger partial charge in [-0.15, -0.1) is 22.7 Å². The number of hydrogen-bond donors (Lipinski definition) is 2. The molecule has 0 radical (unpaired) electrons. The number of primary amides is 1. The predicted octanol–water partition coefficient (Wildman–Crippen LogP) is 6.03. The first kappa shape index (κ1) is 25.0. The highest BCUT2D eigenvalue weighted by molar-refractivity contribution is 7.21. The van der Waals surface area contributed by atoms with Crippen molar-refractivity contribution in [3.05, 3.63) is 50.1 Å². The van der Waals surface area contributed by atoms with E-state index in [1.807, 2.05) is 0 Å². The molecule has 0 atom stereocenters. The van der Waals surface area contributed by atoms with Gasteiger partial charge in [-0.3, -0.25) is 14.3 Å². The zero-order chi connectivity index (χ0) is 25.8. The first-order valence-electron chi connectivity index (χ1n) is 9.52. The maximum Gasteiger partial charge on any atom is 0.436 e. The summed E-state index contributed by atoms with van der Waals surface area (Å²) in [5.41, 5.74) is 2.88. The number of carbonyl (C=O) groups is 2. The van der Waals surface area contributed by atoms with Crippen LogP contribution in [0, 0.1) is 6.92 Å². The largest absolute Gasteiger partial charge is 0.436 e. The quantitative estimate of drug-likeness (QED) is 0.297. The van der Waals surface area contributed by atoms with Gasteiger partial charge in [-0.25, -0.2) is 13.8 Å². The summed E-state index contributed by atoms with van der Waals surface area (Å²) in [7, 11) is 1.09. The Morgan fingerprint density at radius 1 is 1.23 bits per heavy atom. The molecule has 0 aliphatic heterocycles. The van der Waals surface area contributed by atoms with Crippen LogP contribution in [-0.4, -0.2) is 26.6 Å². The van der Waals surface area contributed by atoms with E-state index in [2.05, 4.69) is 15.4 Å². The van der Waals surface area contributed by atoms with Crippen LogP contribution in [0.2, 0.25) is 5.02 Å². The summed E-state index contributed by atoms with van der Waals surface area (Å²) in [5.74, 6) is -2.11. The standard InChI is InChI=1S/C20H13ClF5N5O2S2/c1-6-3-4-9(34-6)7-5-8(16(22)23)28-19-10(7)12(14(35-19)17(27)32)29-18(33)13-11(21)15(20(24,25)26)30-31(13)2/h3-5,16H,1-2H3,(H2,27,32)(H,29,33). The van der Waals surface area contributed by atoms with Gasteiger partial charge in [0, 0.05) is 27.8 Å². The maximum absolute atomic E-state index is 13.5. The highest BCUT2D eigenvalue weighted by Crippen LogP contribution is 2.44. The second-order valence-electron chi connectivity index (χ2n) is 7.24. The lowest BCUT2D eigenvalue weighted by Gasteiger charge is -2.10. The average molecular weight is 550 g/mol. The molecule has 0 aliphatic rings. The fraction of sp³-hybridized carbons (Fsp3) is 0.200. The molecule has 3 N–H and O–H groups in total. The molecule has 0 saturated carbocycles. The Labute approximate surface area is 206 Å². The van der Waals surface area contributed by atoms with Crippen molar-refractivity contribution in [2.45, 2.75) is 19.5 Å². The number of nitrogens with zero attached hydrogens (tertiary/aromatic N) is 3. The number of thiophene rings is 2. The van der Waals surface area contributed by atoms with Crippen molar-refractivity contribution in [3.8, 4) is 10.4 Å². The number of nitrogens with one attached hydrogen (secondary N) is 1. The number of alkyl halides is 5. The summed E-state index contributed by atoms with van der Waals surface area (Å²) >= 11 is 7.75. The van der Waals surface area contributed by atoms with Gasteiger partial charge < -0.3 is 11.1 Å². The lowest BCUT2D eigenvalue weighted by Crippen LogP contribution is -2.19. The van der Waals surface area contributed by atoms with Crippen molar-refractivity contribution in [1.82, 2.24) is 14.8 Å². The van der Waals surface area contributed by atoms with Crippen molar-refractivity contribution in [2.75, 3.05) is 5.32 Å². The minimum Gasteiger partial charge on any atom is -0.365 e. The number of fused-ring (bicyclic) bond motifs is 1. The van der Waals surface area contributed by atoms with Gasteiger partial charge in [-0.2, -0.15) is 18.3 Å². The van der Waals surface area contributed by atoms with E-state index in [9.17, 15) is 31.5 Å². The number of aryl methyl sites for hydroxylation is 2. The highest BCUT2D eigenvalue weighted by Gasteiger charge is 2.40. The maximum atomic E-state index is 13.5. The molecular weight excluding hydrogens is 537 g/mol. The zero-order valence-corrected chi connectivity index (χ0v) is 20.0. The SMILES string of the molecule is Cc1ccc(-c2cc(C(F)F)nc3sc(C(N)=O)c(NC(=O)c4c(Cl)c(C(F)(F)F)nn4C)c23)s1. The van der Waals surface area contributed by atoms with Crippen molar-refractivity contribution in [3.63, 3.8) is 0 Å². The van der Waals surface area contributed by atoms with Crippen LogP contribution in [0.15, 0.2) is 18.2 Å². The molecule has 0 aliphatic carbocycles. The van der Waals surface area contributed by atoms with Crippen molar-refractivity contribution in [2.24, 2.45) is 12.8 Å². The Morgan fingerprint density at radius 2 is 1.91 bits per heavy atom. The van der Waals surface area contributed by atoms with Gasteiger partial charge in [0.15, 0.2) is 5.69 Å². The first-order chi connectivity index (χ1) is 16.3. The summed E-state index contributed by atoms with van der Waals surface area (Å²) in [5, 5.41) is 4.84. The number of anilines is 1. The van der Waals surface area contributed by atoms with Crippen LogP contribution in [0.1, 0.15) is 42.9 Å². The van der Waals surface area contributed by atoms with E-state index >= 15 is 0 Å². The van der Waals surface area contributed by atoms with Crippen LogP contribution in [0.25, 0.3) is 20.7 Å². The third kappa shape index (κ3) is 4.48. The van der Waals surface area contributed by atoms with Gasteiger partial charge in [0.25, 0.3) is 18.2 Å². The van der Waals surface area contributed by atoms with Gasteiger partial charge >= 0.3 is 6.18 Å². The molecule has 4 aromatic heterocycles. The molecule has 2 amide bonds. The molecule has 7 nitrogen and oxygen atoms in total. The Hall–Kier alpha value is -3.10. The van der Waals surface area contributed by atoms with Gasteiger partial charge in [-0.05, 0) is 25.1 Å². The van der Waals surface area contributed by atoms with Crippen LogP contribution < -0.4 is 11.1 Å². The monoisotopic (exact) mass is 549 g/mol. The Bertz CT molecular complexity index is 1490. The second kappa shape index (κ2) is 8.84. The van der Waals surface area contributed by atoms with E-state index in [0.717, 1.165) is 18.0 Å². The third-order valence-electron chi connectivity index (χ3n) is 4.85. The number of halogens is 6. The lowest BCUT2D eigenvalue weighted by molar-refractivity contribution is -0.141. The van der Waals surface area contributed by atoms with Crippen LogP contribution >= 0.6 is 34.3 Å². The normalized spacial score (nSPS) is 12.0. The van der Waals surface area contributed by atoms with Crippen LogP contribution in [-0.2, 0) is 13.2 Å². The summed E-state index contributed by atoms with van der Waals surface area (Å²) < 4.78 is 67.3. The van der Waals surface area contributed by atoms with Crippen molar-refractivity contribution < 1.29 is 31.5 Å². The average Bonchev–Trinajstić information content (AvgIpc) is 3.42.